The van der Waals surface area contributed by atoms with E-state index in [9.17, 15) is 9.59 Å². The molecule has 2 N–H and O–H groups in total. The number of amides is 2. The molecule has 0 radical (unpaired) electrons. The fraction of sp³-hybridized carbons (Fsp3) is 0.130. The van der Waals surface area contributed by atoms with E-state index in [2.05, 4.69) is 15.4 Å². The molecule has 0 aliphatic rings. The van der Waals surface area contributed by atoms with Crippen molar-refractivity contribution in [3.63, 3.8) is 0 Å². The van der Waals surface area contributed by atoms with E-state index in [0.29, 0.717) is 28.6 Å². The van der Waals surface area contributed by atoms with Gasteiger partial charge in [-0.2, -0.15) is 0 Å². The number of carbonyl (C=O) groups is 2. The Morgan fingerprint density at radius 3 is 2.37 bits per heavy atom. The van der Waals surface area contributed by atoms with Crippen LogP contribution in [0.5, 0.6) is 5.75 Å². The van der Waals surface area contributed by atoms with E-state index in [-0.39, 0.29) is 12.5 Å². The molecule has 0 aliphatic heterocycles. The normalized spacial score (nSPS) is 10.2. The summed E-state index contributed by atoms with van der Waals surface area (Å²) in [6, 6.07) is 21.6. The molecule has 0 saturated carbocycles. The first-order valence-corrected chi connectivity index (χ1v) is 9.62. The second-order valence-electron chi connectivity index (χ2n) is 6.37. The molecule has 0 aliphatic carbocycles. The van der Waals surface area contributed by atoms with Crippen molar-refractivity contribution in [1.82, 2.24) is 5.32 Å². The molecule has 30 heavy (non-hydrogen) atoms. The van der Waals surface area contributed by atoms with Crippen LogP contribution in [-0.2, 0) is 17.9 Å². The molecule has 6 nitrogen and oxygen atoms in total. The van der Waals surface area contributed by atoms with Gasteiger partial charge in [0.25, 0.3) is 5.91 Å². The van der Waals surface area contributed by atoms with Gasteiger partial charge in [-0.15, -0.1) is 0 Å². The summed E-state index contributed by atoms with van der Waals surface area (Å²) in [5.41, 5.74) is 2.77. The molecule has 0 atom stereocenters. The minimum Gasteiger partial charge on any atom is -0.488 e. The number of halogens is 1. The fourth-order valence-corrected chi connectivity index (χ4v) is 2.89. The van der Waals surface area contributed by atoms with Crippen molar-refractivity contribution in [2.24, 2.45) is 0 Å². The van der Waals surface area contributed by atoms with Gasteiger partial charge in [0.05, 0.1) is 12.7 Å². The van der Waals surface area contributed by atoms with E-state index in [1.807, 2.05) is 36.4 Å². The summed E-state index contributed by atoms with van der Waals surface area (Å²) < 4.78 is 10.4. The lowest BCUT2D eigenvalue weighted by atomic mass is 10.1. The van der Waals surface area contributed by atoms with Crippen molar-refractivity contribution in [3.8, 4) is 5.75 Å². The lowest BCUT2D eigenvalue weighted by Gasteiger charge is -2.13. The van der Waals surface area contributed by atoms with Gasteiger partial charge in [-0.05, 0) is 35.9 Å². The van der Waals surface area contributed by atoms with Crippen LogP contribution in [0.2, 0.25) is 5.02 Å². The summed E-state index contributed by atoms with van der Waals surface area (Å²) in [7, 11) is 1.30. The van der Waals surface area contributed by atoms with E-state index in [1.54, 1.807) is 36.4 Å². The monoisotopic (exact) mass is 424 g/mol. The Labute approximate surface area is 179 Å². The maximum Gasteiger partial charge on any atom is 0.411 e. The van der Waals surface area contributed by atoms with Crippen LogP contribution in [0.15, 0.2) is 72.8 Å². The van der Waals surface area contributed by atoms with Gasteiger partial charge >= 0.3 is 6.09 Å². The molecular formula is C23H21ClN2O4. The number of para-hydroxylation sites is 1. The van der Waals surface area contributed by atoms with E-state index in [1.165, 1.54) is 7.11 Å². The Morgan fingerprint density at radius 1 is 0.933 bits per heavy atom. The van der Waals surface area contributed by atoms with Gasteiger partial charge in [-0.3, -0.25) is 10.1 Å². The standard InChI is InChI=1S/C23H21ClN2O4/c1-29-23(28)26-18-12-10-16(11-13-18)14-25-22(27)19-7-3-5-9-21(19)30-15-17-6-2-4-8-20(17)24/h2-13H,14-15H2,1H3,(H,25,27)(H,26,28). The number of methoxy groups -OCH3 is 1. The summed E-state index contributed by atoms with van der Waals surface area (Å²) >= 11 is 6.17. The van der Waals surface area contributed by atoms with Crippen molar-refractivity contribution in [2.45, 2.75) is 13.2 Å². The molecule has 2 amide bonds. The van der Waals surface area contributed by atoms with E-state index in [4.69, 9.17) is 16.3 Å². The van der Waals surface area contributed by atoms with Gasteiger partial charge in [0.2, 0.25) is 0 Å². The molecule has 0 aromatic heterocycles. The number of ether oxygens (including phenoxy) is 2. The molecule has 0 bridgehead atoms. The third kappa shape index (κ3) is 5.75. The molecule has 7 heteroatoms. The minimum atomic E-state index is -0.538. The van der Waals surface area contributed by atoms with Crippen molar-refractivity contribution in [2.75, 3.05) is 12.4 Å². The molecule has 0 spiro atoms. The lowest BCUT2D eigenvalue weighted by molar-refractivity contribution is 0.0946. The number of carbonyl (C=O) groups excluding carboxylic acids is 2. The van der Waals surface area contributed by atoms with Crippen LogP contribution >= 0.6 is 11.6 Å². The molecule has 0 saturated heterocycles. The highest BCUT2D eigenvalue weighted by molar-refractivity contribution is 6.31. The first-order chi connectivity index (χ1) is 14.6. The third-order valence-corrected chi connectivity index (χ3v) is 4.68. The molecule has 154 valence electrons. The van der Waals surface area contributed by atoms with Crippen LogP contribution in [-0.4, -0.2) is 19.1 Å². The fourth-order valence-electron chi connectivity index (χ4n) is 2.70. The van der Waals surface area contributed by atoms with Crippen molar-refractivity contribution < 1.29 is 19.1 Å². The number of hydrogen-bond donors (Lipinski definition) is 2. The highest BCUT2D eigenvalue weighted by Crippen LogP contribution is 2.22. The summed E-state index contributed by atoms with van der Waals surface area (Å²) in [4.78, 5) is 23.9. The highest BCUT2D eigenvalue weighted by Gasteiger charge is 2.12. The van der Waals surface area contributed by atoms with E-state index < -0.39 is 6.09 Å². The Balaban J connectivity index is 1.60. The average molecular weight is 425 g/mol. The lowest BCUT2D eigenvalue weighted by Crippen LogP contribution is -2.23. The Kier molecular flexibility index (Phi) is 7.29. The van der Waals surface area contributed by atoms with Crippen LogP contribution in [0.4, 0.5) is 10.5 Å². The zero-order valence-corrected chi connectivity index (χ0v) is 17.1. The second kappa shape index (κ2) is 10.3. The Hall–Kier alpha value is -3.51. The second-order valence-corrected chi connectivity index (χ2v) is 6.78. The molecule has 0 heterocycles. The number of rotatable bonds is 7. The molecule has 0 fully saturated rings. The molecule has 0 unspecified atom stereocenters. The molecule has 3 aromatic rings. The summed E-state index contributed by atoms with van der Waals surface area (Å²) in [5.74, 6) is 0.231. The highest BCUT2D eigenvalue weighted by atomic mass is 35.5. The van der Waals surface area contributed by atoms with Crippen LogP contribution in [0.3, 0.4) is 0 Å². The van der Waals surface area contributed by atoms with Gasteiger partial charge in [-0.1, -0.05) is 54.1 Å². The topological polar surface area (TPSA) is 76.7 Å². The van der Waals surface area contributed by atoms with Crippen molar-refractivity contribution in [1.29, 1.82) is 0 Å². The third-order valence-electron chi connectivity index (χ3n) is 4.31. The van der Waals surface area contributed by atoms with Gasteiger partial charge in [0.15, 0.2) is 0 Å². The maximum atomic E-state index is 12.7. The quantitative estimate of drug-likeness (QED) is 0.557. The van der Waals surface area contributed by atoms with E-state index >= 15 is 0 Å². The maximum absolute atomic E-state index is 12.7. The van der Waals surface area contributed by atoms with Crippen LogP contribution in [0, 0.1) is 0 Å². The van der Waals surface area contributed by atoms with Gasteiger partial charge < -0.3 is 14.8 Å². The van der Waals surface area contributed by atoms with Crippen LogP contribution < -0.4 is 15.4 Å². The number of nitrogens with one attached hydrogen (secondary N) is 2. The largest absolute Gasteiger partial charge is 0.488 e. The van der Waals surface area contributed by atoms with Gasteiger partial charge in [-0.25, -0.2) is 4.79 Å². The van der Waals surface area contributed by atoms with Gasteiger partial charge in [0, 0.05) is 22.8 Å². The number of hydrogen-bond acceptors (Lipinski definition) is 4. The molecule has 3 rings (SSSR count). The first-order valence-electron chi connectivity index (χ1n) is 9.24. The van der Waals surface area contributed by atoms with Crippen molar-refractivity contribution >= 4 is 29.3 Å². The summed E-state index contributed by atoms with van der Waals surface area (Å²) in [6.07, 6.45) is -0.538. The predicted molar refractivity (Wildman–Crippen MR) is 116 cm³/mol. The molecule has 3 aromatic carbocycles. The van der Waals surface area contributed by atoms with Gasteiger partial charge in [0.1, 0.15) is 12.4 Å². The smallest absolute Gasteiger partial charge is 0.411 e. The minimum absolute atomic E-state index is 0.249. The molecular weight excluding hydrogens is 404 g/mol. The predicted octanol–water partition coefficient (Wildman–Crippen LogP) is 5.03. The zero-order valence-electron chi connectivity index (χ0n) is 16.4. The Morgan fingerprint density at radius 2 is 1.63 bits per heavy atom. The first kappa shape index (κ1) is 21.2. The number of benzene rings is 3. The van der Waals surface area contributed by atoms with Crippen LogP contribution in [0.25, 0.3) is 0 Å². The Bertz CT molecular complexity index is 1020. The average Bonchev–Trinajstić information content (AvgIpc) is 2.78. The van der Waals surface area contributed by atoms with E-state index in [0.717, 1.165) is 11.1 Å². The number of anilines is 1. The summed E-state index contributed by atoms with van der Waals surface area (Å²) in [5, 5.41) is 6.07. The van der Waals surface area contributed by atoms with Crippen LogP contribution in [0.1, 0.15) is 21.5 Å². The zero-order chi connectivity index (χ0) is 21.3. The van der Waals surface area contributed by atoms with Crippen molar-refractivity contribution in [3.05, 3.63) is 94.5 Å². The SMILES string of the molecule is COC(=O)Nc1ccc(CNC(=O)c2ccccc2OCc2ccccc2Cl)cc1. The summed E-state index contributed by atoms with van der Waals surface area (Å²) in [6.45, 7) is 0.592.